The molecule has 1 saturated heterocycles. The molecule has 0 aromatic heterocycles. The van der Waals surface area contributed by atoms with Crippen molar-refractivity contribution in [1.82, 2.24) is 15.5 Å². The normalized spacial score (nSPS) is 20.4. The van der Waals surface area contributed by atoms with Gasteiger partial charge in [0.05, 0.1) is 17.3 Å². The number of hydrogen-bond donors (Lipinski definition) is 2. The van der Waals surface area contributed by atoms with Crippen molar-refractivity contribution < 1.29 is 23.2 Å². The SMILES string of the molecule is C=C(Cl)/C(=C\C=C\C(=O)N[C@@H](C)C(=O)N1CC(F)(F)C[C@H]1CC)NC(C)=O. The summed E-state index contributed by atoms with van der Waals surface area (Å²) in [7, 11) is 0. The van der Waals surface area contributed by atoms with Gasteiger partial charge in [0.15, 0.2) is 0 Å². The van der Waals surface area contributed by atoms with Crippen LogP contribution in [0.25, 0.3) is 0 Å². The fraction of sp³-hybridized carbons (Fsp3) is 0.500. The summed E-state index contributed by atoms with van der Waals surface area (Å²) in [4.78, 5) is 36.5. The van der Waals surface area contributed by atoms with Gasteiger partial charge in [-0.3, -0.25) is 14.4 Å². The summed E-state index contributed by atoms with van der Waals surface area (Å²) in [6.45, 7) is 7.32. The molecule has 0 aliphatic carbocycles. The smallest absolute Gasteiger partial charge is 0.267 e. The lowest BCUT2D eigenvalue weighted by atomic mass is 10.1. The van der Waals surface area contributed by atoms with Gasteiger partial charge < -0.3 is 15.5 Å². The van der Waals surface area contributed by atoms with E-state index in [1.165, 1.54) is 26.0 Å². The number of alkyl halides is 2. The largest absolute Gasteiger partial charge is 0.341 e. The second-order valence-electron chi connectivity index (χ2n) is 6.34. The number of nitrogens with zero attached hydrogens (tertiary/aromatic N) is 1. The van der Waals surface area contributed by atoms with Crippen molar-refractivity contribution in [2.45, 2.75) is 51.6 Å². The highest BCUT2D eigenvalue weighted by atomic mass is 35.5. The number of rotatable bonds is 7. The molecule has 0 saturated carbocycles. The first-order valence-corrected chi connectivity index (χ1v) is 8.84. The molecule has 1 aliphatic heterocycles. The summed E-state index contributed by atoms with van der Waals surface area (Å²) in [6.07, 6.45) is 3.87. The average molecular weight is 404 g/mol. The van der Waals surface area contributed by atoms with Crippen LogP contribution in [0.2, 0.25) is 0 Å². The molecule has 0 aromatic rings. The Kier molecular flexibility index (Phi) is 8.15. The predicted molar refractivity (Wildman–Crippen MR) is 99.0 cm³/mol. The Morgan fingerprint density at radius 2 is 2.04 bits per heavy atom. The Labute approximate surface area is 162 Å². The first-order valence-electron chi connectivity index (χ1n) is 8.46. The van der Waals surface area contributed by atoms with Crippen LogP contribution in [0.15, 0.2) is 35.5 Å². The number of carbonyl (C=O) groups is 3. The van der Waals surface area contributed by atoms with Crippen molar-refractivity contribution in [3.63, 3.8) is 0 Å². The molecule has 0 unspecified atom stereocenters. The van der Waals surface area contributed by atoms with Crippen LogP contribution in [0.3, 0.4) is 0 Å². The van der Waals surface area contributed by atoms with Gasteiger partial charge in [0.25, 0.3) is 5.92 Å². The van der Waals surface area contributed by atoms with E-state index in [0.717, 1.165) is 11.0 Å². The molecule has 150 valence electrons. The van der Waals surface area contributed by atoms with Gasteiger partial charge in [0, 0.05) is 25.5 Å². The minimum Gasteiger partial charge on any atom is -0.341 e. The highest BCUT2D eigenvalue weighted by Gasteiger charge is 2.46. The average Bonchev–Trinajstić information content (AvgIpc) is 2.87. The molecule has 1 aliphatic rings. The number of halogens is 3. The molecule has 0 aromatic carbocycles. The molecule has 2 atom stereocenters. The highest BCUT2D eigenvalue weighted by molar-refractivity contribution is 6.31. The third-order valence-corrected chi connectivity index (χ3v) is 4.18. The molecule has 1 rings (SSSR count). The van der Waals surface area contributed by atoms with E-state index in [1.54, 1.807) is 6.92 Å². The third kappa shape index (κ3) is 7.13. The summed E-state index contributed by atoms with van der Waals surface area (Å²) < 4.78 is 27.1. The molecule has 0 radical (unpaired) electrons. The Hall–Kier alpha value is -2.22. The van der Waals surface area contributed by atoms with Gasteiger partial charge >= 0.3 is 0 Å². The molecule has 27 heavy (non-hydrogen) atoms. The second-order valence-corrected chi connectivity index (χ2v) is 6.80. The van der Waals surface area contributed by atoms with E-state index in [9.17, 15) is 23.2 Å². The number of carbonyl (C=O) groups excluding carboxylic acids is 3. The first kappa shape index (κ1) is 22.8. The second kappa shape index (κ2) is 9.64. The maximum Gasteiger partial charge on any atom is 0.267 e. The minimum atomic E-state index is -2.91. The monoisotopic (exact) mass is 403 g/mol. The van der Waals surface area contributed by atoms with Crippen molar-refractivity contribution in [2.24, 2.45) is 0 Å². The van der Waals surface area contributed by atoms with Gasteiger partial charge in [-0.2, -0.15) is 0 Å². The highest BCUT2D eigenvalue weighted by Crippen LogP contribution is 2.33. The molecule has 3 amide bonds. The minimum absolute atomic E-state index is 0.0828. The van der Waals surface area contributed by atoms with Gasteiger partial charge in [0.2, 0.25) is 17.7 Å². The Morgan fingerprint density at radius 3 is 2.56 bits per heavy atom. The number of allylic oxidation sites excluding steroid dienone is 3. The fourth-order valence-electron chi connectivity index (χ4n) is 2.71. The van der Waals surface area contributed by atoms with Crippen LogP contribution >= 0.6 is 11.6 Å². The van der Waals surface area contributed by atoms with Gasteiger partial charge in [0.1, 0.15) is 6.04 Å². The summed E-state index contributed by atoms with van der Waals surface area (Å²) in [6, 6.07) is -1.49. The summed E-state index contributed by atoms with van der Waals surface area (Å²) in [5.74, 6) is -4.40. The lowest BCUT2D eigenvalue weighted by Gasteiger charge is -2.26. The number of amides is 3. The van der Waals surface area contributed by atoms with E-state index in [0.29, 0.717) is 6.42 Å². The van der Waals surface area contributed by atoms with Crippen LogP contribution in [0, 0.1) is 0 Å². The van der Waals surface area contributed by atoms with E-state index in [1.807, 2.05) is 0 Å². The maximum atomic E-state index is 13.6. The molecule has 2 N–H and O–H groups in total. The van der Waals surface area contributed by atoms with Crippen molar-refractivity contribution in [3.8, 4) is 0 Å². The van der Waals surface area contributed by atoms with Crippen LogP contribution in [0.1, 0.15) is 33.6 Å². The van der Waals surface area contributed by atoms with E-state index in [4.69, 9.17) is 11.6 Å². The molecule has 9 heteroatoms. The number of likely N-dealkylation sites (tertiary alicyclic amines) is 1. The molecule has 6 nitrogen and oxygen atoms in total. The van der Waals surface area contributed by atoms with Crippen LogP contribution in [-0.4, -0.2) is 47.2 Å². The molecular formula is C18H24ClF2N3O3. The number of nitrogens with one attached hydrogen (secondary N) is 2. The molecule has 0 spiro atoms. The lowest BCUT2D eigenvalue weighted by molar-refractivity contribution is -0.137. The van der Waals surface area contributed by atoms with Crippen LogP contribution in [-0.2, 0) is 14.4 Å². The van der Waals surface area contributed by atoms with Gasteiger partial charge in [-0.25, -0.2) is 8.78 Å². The molecule has 1 fully saturated rings. The molecule has 1 heterocycles. The van der Waals surface area contributed by atoms with Gasteiger partial charge in [-0.1, -0.05) is 31.2 Å². The van der Waals surface area contributed by atoms with Crippen molar-refractivity contribution in [1.29, 1.82) is 0 Å². The topological polar surface area (TPSA) is 78.5 Å². The Balaban J connectivity index is 2.69. The summed E-state index contributed by atoms with van der Waals surface area (Å²) >= 11 is 5.73. The first-order chi connectivity index (χ1) is 12.5. The Bertz CT molecular complexity index is 677. The van der Waals surface area contributed by atoms with Crippen LogP contribution in [0.5, 0.6) is 0 Å². The zero-order chi connectivity index (χ0) is 20.8. The number of hydrogen-bond acceptors (Lipinski definition) is 3. The van der Waals surface area contributed by atoms with Gasteiger partial charge in [-0.05, 0) is 19.4 Å². The predicted octanol–water partition coefficient (Wildman–Crippen LogP) is 2.47. The maximum absolute atomic E-state index is 13.6. The molecule has 0 bridgehead atoms. The fourth-order valence-corrected chi connectivity index (χ4v) is 2.82. The van der Waals surface area contributed by atoms with E-state index in [2.05, 4.69) is 17.2 Å². The van der Waals surface area contributed by atoms with Crippen molar-refractivity contribution >= 4 is 29.3 Å². The molecular weight excluding hydrogens is 380 g/mol. The standard InChI is InChI=1S/C18H24ClF2N3O3/c1-5-14-9-18(20,21)10-24(14)17(27)12(3)22-16(26)8-6-7-15(11(2)19)23-13(4)25/h6-8,12,14H,2,5,9-10H2,1,3-4H3,(H,22,26)(H,23,25)/b8-6+,15-7+/t12-,14+/m0/s1. The van der Waals surface area contributed by atoms with E-state index in [-0.39, 0.29) is 23.1 Å². The third-order valence-electron chi connectivity index (χ3n) is 3.97. The van der Waals surface area contributed by atoms with Crippen molar-refractivity contribution in [3.05, 3.63) is 35.5 Å². The van der Waals surface area contributed by atoms with E-state index >= 15 is 0 Å². The quantitative estimate of drug-likeness (QED) is 0.506. The van der Waals surface area contributed by atoms with Crippen LogP contribution in [0.4, 0.5) is 8.78 Å². The zero-order valence-electron chi connectivity index (χ0n) is 15.5. The van der Waals surface area contributed by atoms with Gasteiger partial charge in [-0.15, -0.1) is 0 Å². The zero-order valence-corrected chi connectivity index (χ0v) is 16.3. The summed E-state index contributed by atoms with van der Waals surface area (Å²) in [5.41, 5.74) is 0.224. The summed E-state index contributed by atoms with van der Waals surface area (Å²) in [5, 5.41) is 4.97. The van der Waals surface area contributed by atoms with Crippen LogP contribution < -0.4 is 10.6 Å². The lowest BCUT2D eigenvalue weighted by Crippen LogP contribution is -2.48. The Morgan fingerprint density at radius 1 is 1.41 bits per heavy atom. The van der Waals surface area contributed by atoms with E-state index < -0.39 is 36.4 Å². The van der Waals surface area contributed by atoms with Crippen molar-refractivity contribution in [2.75, 3.05) is 6.54 Å².